The van der Waals surface area contributed by atoms with Crippen molar-refractivity contribution in [2.45, 2.75) is 56.3 Å². The van der Waals surface area contributed by atoms with Crippen molar-refractivity contribution in [2.75, 3.05) is 5.75 Å². The van der Waals surface area contributed by atoms with Crippen LogP contribution in [0.3, 0.4) is 0 Å². The molecule has 1 aliphatic heterocycles. The number of carbonyl (C=O) groups is 1. The molecule has 0 aliphatic carbocycles. The van der Waals surface area contributed by atoms with Crippen LogP contribution in [0.15, 0.2) is 5.16 Å². The van der Waals surface area contributed by atoms with Crippen LogP contribution in [-0.2, 0) is 17.8 Å². The summed E-state index contributed by atoms with van der Waals surface area (Å²) in [5.41, 5.74) is 4.53. The fraction of sp³-hybridized carbons (Fsp3) is 0.750. The van der Waals surface area contributed by atoms with Crippen molar-refractivity contribution in [1.29, 1.82) is 0 Å². The third kappa shape index (κ3) is 3.48. The number of hydrogen-bond acceptors (Lipinski definition) is 5. The first kappa shape index (κ1) is 14.3. The van der Waals surface area contributed by atoms with Crippen molar-refractivity contribution >= 4 is 17.7 Å². The zero-order valence-corrected chi connectivity index (χ0v) is 11.9. The second-order valence-electron chi connectivity index (χ2n) is 5.18. The van der Waals surface area contributed by atoms with E-state index in [0.29, 0.717) is 12.2 Å². The van der Waals surface area contributed by atoms with Crippen LogP contribution in [0.1, 0.15) is 38.4 Å². The third-order valence-electron chi connectivity index (χ3n) is 3.42. The van der Waals surface area contributed by atoms with Gasteiger partial charge in [0.05, 0.1) is 0 Å². The molecule has 0 saturated carbocycles. The van der Waals surface area contributed by atoms with Crippen LogP contribution < -0.4 is 5.73 Å². The van der Waals surface area contributed by atoms with Crippen LogP contribution in [0.5, 0.6) is 0 Å². The Balaban J connectivity index is 1.94. The summed E-state index contributed by atoms with van der Waals surface area (Å²) in [5, 5.41) is 18.3. The summed E-state index contributed by atoms with van der Waals surface area (Å²) in [6, 6.07) is 0. The van der Waals surface area contributed by atoms with Crippen LogP contribution in [0, 0.1) is 0 Å². The van der Waals surface area contributed by atoms with Crippen molar-refractivity contribution in [3.63, 3.8) is 0 Å². The van der Waals surface area contributed by atoms with Gasteiger partial charge in [-0.2, -0.15) is 0 Å². The molecule has 0 aromatic carbocycles. The van der Waals surface area contributed by atoms with Gasteiger partial charge in [0.15, 0.2) is 5.16 Å². The number of aromatic nitrogens is 3. The summed E-state index contributed by atoms with van der Waals surface area (Å²) in [4.78, 5) is 10.9. The highest BCUT2D eigenvalue weighted by atomic mass is 32.2. The van der Waals surface area contributed by atoms with Gasteiger partial charge >= 0.3 is 5.97 Å². The molecule has 0 bridgehead atoms. The Hall–Kier alpha value is -1.08. The zero-order chi connectivity index (χ0) is 13.9. The van der Waals surface area contributed by atoms with E-state index in [1.54, 1.807) is 18.7 Å². The monoisotopic (exact) mass is 284 g/mol. The van der Waals surface area contributed by atoms with Crippen molar-refractivity contribution in [1.82, 2.24) is 14.8 Å². The number of thioether (sulfide) groups is 1. The van der Waals surface area contributed by atoms with Crippen LogP contribution in [0.25, 0.3) is 0 Å². The first-order valence-electron chi connectivity index (χ1n) is 6.58. The smallest absolute Gasteiger partial charge is 0.323 e. The number of nitrogens with zero attached hydrogens (tertiary/aromatic N) is 3. The predicted molar refractivity (Wildman–Crippen MR) is 73.1 cm³/mol. The number of rotatable bonds is 5. The highest BCUT2D eigenvalue weighted by molar-refractivity contribution is 7.99. The number of aliphatic carboxylic acids is 1. The second-order valence-corrected chi connectivity index (χ2v) is 6.24. The SMILES string of the molecule is CC(N)(CCSc1nnc2n1CCCCC2)C(=O)O. The molecule has 1 aliphatic rings. The molecular formula is C12H20N4O2S. The first-order chi connectivity index (χ1) is 9.00. The van der Waals surface area contributed by atoms with E-state index in [9.17, 15) is 4.79 Å². The standard InChI is InChI=1S/C12H20N4O2S/c1-12(13,10(17)18)6-8-19-11-15-14-9-5-3-2-4-7-16(9)11/h2-8,13H2,1H3,(H,17,18). The molecule has 3 N–H and O–H groups in total. The van der Waals surface area contributed by atoms with E-state index in [-0.39, 0.29) is 0 Å². The number of nitrogens with two attached hydrogens (primary N) is 1. The Morgan fingerprint density at radius 3 is 3.00 bits per heavy atom. The molecule has 1 aromatic heterocycles. The number of hydrogen-bond donors (Lipinski definition) is 2. The molecule has 1 aromatic rings. The van der Waals surface area contributed by atoms with Gasteiger partial charge in [0.25, 0.3) is 0 Å². The number of carboxylic acid groups (broad SMARTS) is 1. The molecule has 0 spiro atoms. The maximum atomic E-state index is 10.9. The van der Waals surface area contributed by atoms with Crippen molar-refractivity contribution in [2.24, 2.45) is 5.73 Å². The van der Waals surface area contributed by atoms with Gasteiger partial charge in [-0.3, -0.25) is 4.79 Å². The van der Waals surface area contributed by atoms with Gasteiger partial charge in [-0.25, -0.2) is 0 Å². The molecule has 0 amide bonds. The largest absolute Gasteiger partial charge is 0.480 e. The summed E-state index contributed by atoms with van der Waals surface area (Å²) in [5.74, 6) is 0.721. The number of carboxylic acids is 1. The molecular weight excluding hydrogens is 264 g/mol. The Bertz CT molecular complexity index is 459. The molecule has 1 unspecified atom stereocenters. The quantitative estimate of drug-likeness (QED) is 0.791. The summed E-state index contributed by atoms with van der Waals surface area (Å²) >= 11 is 1.54. The van der Waals surface area contributed by atoms with Gasteiger partial charge in [0.2, 0.25) is 0 Å². The first-order valence-corrected chi connectivity index (χ1v) is 7.56. The topological polar surface area (TPSA) is 94.0 Å². The van der Waals surface area contributed by atoms with E-state index < -0.39 is 11.5 Å². The van der Waals surface area contributed by atoms with Gasteiger partial charge < -0.3 is 15.4 Å². The van der Waals surface area contributed by atoms with Gasteiger partial charge in [-0.05, 0) is 26.2 Å². The van der Waals surface area contributed by atoms with Crippen LogP contribution in [0.4, 0.5) is 0 Å². The van der Waals surface area contributed by atoms with Crippen LogP contribution in [-0.4, -0.2) is 37.1 Å². The second kappa shape index (κ2) is 5.92. The zero-order valence-electron chi connectivity index (χ0n) is 11.1. The Labute approximate surface area is 116 Å². The molecule has 106 valence electrons. The fourth-order valence-corrected chi connectivity index (χ4v) is 3.19. The summed E-state index contributed by atoms with van der Waals surface area (Å²) in [7, 11) is 0. The molecule has 19 heavy (non-hydrogen) atoms. The lowest BCUT2D eigenvalue weighted by Gasteiger charge is -2.18. The maximum absolute atomic E-state index is 10.9. The lowest BCUT2D eigenvalue weighted by atomic mass is 10.0. The highest BCUT2D eigenvalue weighted by Gasteiger charge is 2.27. The van der Waals surface area contributed by atoms with E-state index >= 15 is 0 Å². The Morgan fingerprint density at radius 1 is 1.47 bits per heavy atom. The normalized spacial score (nSPS) is 18.4. The molecule has 0 radical (unpaired) electrons. The molecule has 0 fully saturated rings. The minimum Gasteiger partial charge on any atom is -0.480 e. The molecule has 0 saturated heterocycles. The van der Waals surface area contributed by atoms with Gasteiger partial charge in [0, 0.05) is 18.7 Å². The minimum absolute atomic E-state index is 0.412. The lowest BCUT2D eigenvalue weighted by molar-refractivity contribution is -0.142. The van der Waals surface area contributed by atoms with Gasteiger partial charge in [0.1, 0.15) is 11.4 Å². The average molecular weight is 284 g/mol. The van der Waals surface area contributed by atoms with E-state index in [0.717, 1.165) is 30.4 Å². The van der Waals surface area contributed by atoms with Crippen LogP contribution >= 0.6 is 11.8 Å². The Morgan fingerprint density at radius 2 is 2.26 bits per heavy atom. The number of fused-ring (bicyclic) bond motifs is 1. The molecule has 7 heteroatoms. The summed E-state index contributed by atoms with van der Waals surface area (Å²) in [6.07, 6.45) is 4.95. The molecule has 1 atom stereocenters. The minimum atomic E-state index is -1.17. The third-order valence-corrected chi connectivity index (χ3v) is 4.39. The van der Waals surface area contributed by atoms with Crippen molar-refractivity contribution in [3.8, 4) is 0 Å². The average Bonchev–Trinajstić information content (AvgIpc) is 2.59. The van der Waals surface area contributed by atoms with E-state index in [1.165, 1.54) is 12.8 Å². The summed E-state index contributed by atoms with van der Waals surface area (Å²) < 4.78 is 2.16. The van der Waals surface area contributed by atoms with Gasteiger partial charge in [-0.1, -0.05) is 18.2 Å². The molecule has 2 heterocycles. The van der Waals surface area contributed by atoms with E-state index in [4.69, 9.17) is 10.8 Å². The Kier molecular flexibility index (Phi) is 4.46. The van der Waals surface area contributed by atoms with Crippen LogP contribution in [0.2, 0.25) is 0 Å². The highest BCUT2D eigenvalue weighted by Crippen LogP contribution is 2.23. The number of aryl methyl sites for hydroxylation is 1. The fourth-order valence-electron chi connectivity index (χ4n) is 2.03. The summed E-state index contributed by atoms with van der Waals surface area (Å²) in [6.45, 7) is 2.50. The molecule has 2 rings (SSSR count). The lowest BCUT2D eigenvalue weighted by Crippen LogP contribution is -2.45. The maximum Gasteiger partial charge on any atom is 0.323 e. The van der Waals surface area contributed by atoms with Crippen molar-refractivity contribution in [3.05, 3.63) is 5.82 Å². The molecule has 6 nitrogen and oxygen atoms in total. The van der Waals surface area contributed by atoms with E-state index in [2.05, 4.69) is 14.8 Å². The van der Waals surface area contributed by atoms with E-state index in [1.807, 2.05) is 0 Å². The van der Waals surface area contributed by atoms with Gasteiger partial charge in [-0.15, -0.1) is 10.2 Å². The predicted octanol–water partition coefficient (Wildman–Crippen LogP) is 1.29. The van der Waals surface area contributed by atoms with Crippen molar-refractivity contribution < 1.29 is 9.90 Å².